The van der Waals surface area contributed by atoms with Gasteiger partial charge in [-0.1, -0.05) is 38.5 Å². The number of carbonyl (C=O) groups is 1. The molecule has 0 aliphatic heterocycles. The molecule has 1 aromatic carbocycles. The Balaban J connectivity index is 2.79. The molecule has 1 aromatic rings. The van der Waals surface area contributed by atoms with Crippen LogP contribution in [0.25, 0.3) is 0 Å². The fourth-order valence-corrected chi connectivity index (χ4v) is 2.20. The standard InChI is InChI=1S/C19H32N2O2/c1-8-14(2)15(3)20-17-12-10-9-11-16(17)13-21(7)18(22)23-19(4,5)6/h9-12,14-15,20H,8,13H2,1-7H3. The van der Waals surface area contributed by atoms with Gasteiger partial charge in [0.25, 0.3) is 0 Å². The molecular formula is C19H32N2O2. The summed E-state index contributed by atoms with van der Waals surface area (Å²) < 4.78 is 5.41. The molecule has 4 nitrogen and oxygen atoms in total. The van der Waals surface area contributed by atoms with E-state index in [-0.39, 0.29) is 6.09 Å². The Morgan fingerprint density at radius 1 is 1.26 bits per heavy atom. The van der Waals surface area contributed by atoms with Gasteiger partial charge in [0.05, 0.1) is 6.54 Å². The lowest BCUT2D eigenvalue weighted by Gasteiger charge is -2.26. The second kappa shape index (κ2) is 8.23. The number of nitrogens with one attached hydrogen (secondary N) is 1. The van der Waals surface area contributed by atoms with Gasteiger partial charge in [-0.2, -0.15) is 0 Å². The Bertz CT molecular complexity index is 508. The van der Waals surface area contributed by atoms with E-state index in [4.69, 9.17) is 4.74 Å². The predicted octanol–water partition coefficient (Wildman–Crippen LogP) is 4.90. The number of para-hydroxylation sites is 1. The van der Waals surface area contributed by atoms with Crippen LogP contribution >= 0.6 is 0 Å². The summed E-state index contributed by atoms with van der Waals surface area (Å²) in [5.74, 6) is 0.589. The highest BCUT2D eigenvalue weighted by molar-refractivity contribution is 5.68. The van der Waals surface area contributed by atoms with E-state index in [9.17, 15) is 4.79 Å². The van der Waals surface area contributed by atoms with Gasteiger partial charge in [0.2, 0.25) is 0 Å². The number of hydrogen-bond donors (Lipinski definition) is 1. The molecule has 0 aliphatic carbocycles. The topological polar surface area (TPSA) is 41.6 Å². The number of hydrogen-bond acceptors (Lipinski definition) is 3. The van der Waals surface area contributed by atoms with Gasteiger partial charge in [0.1, 0.15) is 5.60 Å². The minimum absolute atomic E-state index is 0.303. The summed E-state index contributed by atoms with van der Waals surface area (Å²) in [5.41, 5.74) is 1.69. The van der Waals surface area contributed by atoms with Crippen molar-refractivity contribution in [3.8, 4) is 0 Å². The van der Waals surface area contributed by atoms with Crippen molar-refractivity contribution in [3.05, 3.63) is 29.8 Å². The van der Waals surface area contributed by atoms with Crippen LogP contribution in [0.3, 0.4) is 0 Å². The Kier molecular flexibility index (Phi) is 6.92. The number of anilines is 1. The van der Waals surface area contributed by atoms with Crippen LogP contribution in [0.15, 0.2) is 24.3 Å². The van der Waals surface area contributed by atoms with Crippen LogP contribution in [0.5, 0.6) is 0 Å². The summed E-state index contributed by atoms with van der Waals surface area (Å²) in [6.45, 7) is 12.8. The van der Waals surface area contributed by atoms with Crippen LogP contribution in [0.1, 0.15) is 53.5 Å². The van der Waals surface area contributed by atoms with Gasteiger partial charge in [0.15, 0.2) is 0 Å². The maximum Gasteiger partial charge on any atom is 0.410 e. The summed E-state index contributed by atoms with van der Waals surface area (Å²) in [7, 11) is 1.77. The van der Waals surface area contributed by atoms with E-state index in [0.29, 0.717) is 18.5 Å². The molecule has 0 spiro atoms. The zero-order chi connectivity index (χ0) is 17.6. The predicted molar refractivity (Wildman–Crippen MR) is 96.7 cm³/mol. The number of benzene rings is 1. The highest BCUT2D eigenvalue weighted by Gasteiger charge is 2.20. The van der Waals surface area contributed by atoms with Crippen molar-refractivity contribution in [1.82, 2.24) is 4.90 Å². The molecule has 0 aliphatic rings. The van der Waals surface area contributed by atoms with Crippen LogP contribution in [-0.2, 0) is 11.3 Å². The molecule has 0 saturated heterocycles. The molecule has 0 saturated carbocycles. The van der Waals surface area contributed by atoms with Gasteiger partial charge < -0.3 is 15.0 Å². The second-order valence-corrected chi connectivity index (χ2v) is 7.31. The lowest BCUT2D eigenvalue weighted by Crippen LogP contribution is -2.34. The summed E-state index contributed by atoms with van der Waals surface area (Å²) in [4.78, 5) is 13.7. The van der Waals surface area contributed by atoms with Crippen LogP contribution < -0.4 is 5.32 Å². The maximum atomic E-state index is 12.1. The molecule has 130 valence electrons. The molecule has 0 aromatic heterocycles. The number of ether oxygens (including phenoxy) is 1. The smallest absolute Gasteiger partial charge is 0.410 e. The Morgan fingerprint density at radius 3 is 2.43 bits per heavy atom. The van der Waals surface area contributed by atoms with Crippen molar-refractivity contribution in [1.29, 1.82) is 0 Å². The molecule has 4 heteroatoms. The molecule has 2 unspecified atom stereocenters. The van der Waals surface area contributed by atoms with Gasteiger partial charge in [0, 0.05) is 18.8 Å². The van der Waals surface area contributed by atoms with Crippen LogP contribution in [0.4, 0.5) is 10.5 Å². The number of amides is 1. The highest BCUT2D eigenvalue weighted by atomic mass is 16.6. The fraction of sp³-hybridized carbons (Fsp3) is 0.632. The Hall–Kier alpha value is -1.71. The summed E-state index contributed by atoms with van der Waals surface area (Å²) >= 11 is 0. The monoisotopic (exact) mass is 320 g/mol. The van der Waals surface area contributed by atoms with Crippen molar-refractivity contribution in [3.63, 3.8) is 0 Å². The molecular weight excluding hydrogens is 288 g/mol. The van der Waals surface area contributed by atoms with Gasteiger partial charge in [-0.3, -0.25) is 0 Å². The first kappa shape index (κ1) is 19.3. The van der Waals surface area contributed by atoms with E-state index in [2.05, 4.69) is 32.2 Å². The van der Waals surface area contributed by atoms with Crippen molar-refractivity contribution in [2.24, 2.45) is 5.92 Å². The molecule has 23 heavy (non-hydrogen) atoms. The molecule has 0 fully saturated rings. The molecule has 0 heterocycles. The Morgan fingerprint density at radius 2 is 1.87 bits per heavy atom. The van der Waals surface area contributed by atoms with E-state index in [0.717, 1.165) is 17.7 Å². The highest BCUT2D eigenvalue weighted by Crippen LogP contribution is 2.21. The van der Waals surface area contributed by atoms with E-state index >= 15 is 0 Å². The first-order valence-electron chi connectivity index (χ1n) is 8.42. The van der Waals surface area contributed by atoms with Gasteiger partial charge in [-0.05, 0) is 45.2 Å². The largest absolute Gasteiger partial charge is 0.444 e. The minimum atomic E-state index is -0.478. The average Bonchev–Trinajstić information content (AvgIpc) is 2.46. The summed E-state index contributed by atoms with van der Waals surface area (Å²) in [6, 6.07) is 8.51. The average molecular weight is 320 g/mol. The quantitative estimate of drug-likeness (QED) is 0.810. The normalized spacial score (nSPS) is 14.0. The molecule has 2 atom stereocenters. The SMILES string of the molecule is CCC(C)C(C)Nc1ccccc1CN(C)C(=O)OC(C)(C)C. The lowest BCUT2D eigenvalue weighted by atomic mass is 10.00. The van der Waals surface area contributed by atoms with Gasteiger partial charge in [-0.25, -0.2) is 4.79 Å². The molecule has 1 rings (SSSR count). The van der Waals surface area contributed by atoms with Crippen LogP contribution in [0.2, 0.25) is 0 Å². The summed E-state index contributed by atoms with van der Waals surface area (Å²) in [5, 5.41) is 3.57. The van der Waals surface area contributed by atoms with E-state index in [1.165, 1.54) is 0 Å². The van der Waals surface area contributed by atoms with E-state index < -0.39 is 5.60 Å². The first-order valence-corrected chi connectivity index (χ1v) is 8.42. The van der Waals surface area contributed by atoms with Gasteiger partial charge in [-0.15, -0.1) is 0 Å². The fourth-order valence-electron chi connectivity index (χ4n) is 2.20. The van der Waals surface area contributed by atoms with Crippen molar-refractivity contribution in [2.75, 3.05) is 12.4 Å². The van der Waals surface area contributed by atoms with Crippen LogP contribution in [-0.4, -0.2) is 29.7 Å². The number of rotatable bonds is 6. The number of carbonyl (C=O) groups excluding carboxylic acids is 1. The third-order valence-corrected chi connectivity index (χ3v) is 4.01. The zero-order valence-corrected chi connectivity index (χ0v) is 15.6. The number of nitrogens with zero attached hydrogens (tertiary/aromatic N) is 1. The maximum absolute atomic E-state index is 12.1. The van der Waals surface area contributed by atoms with Crippen molar-refractivity contribution >= 4 is 11.8 Å². The lowest BCUT2D eigenvalue weighted by molar-refractivity contribution is 0.0285. The molecule has 0 bridgehead atoms. The van der Waals surface area contributed by atoms with Gasteiger partial charge >= 0.3 is 6.09 Å². The van der Waals surface area contributed by atoms with E-state index in [1.807, 2.05) is 39.0 Å². The zero-order valence-electron chi connectivity index (χ0n) is 15.6. The molecule has 1 N–H and O–H groups in total. The van der Waals surface area contributed by atoms with Crippen molar-refractivity contribution < 1.29 is 9.53 Å². The Labute approximate surface area is 141 Å². The first-order chi connectivity index (χ1) is 10.6. The van der Waals surface area contributed by atoms with Crippen molar-refractivity contribution in [2.45, 2.75) is 66.2 Å². The second-order valence-electron chi connectivity index (χ2n) is 7.31. The van der Waals surface area contributed by atoms with Crippen LogP contribution in [0, 0.1) is 5.92 Å². The minimum Gasteiger partial charge on any atom is -0.444 e. The summed E-state index contributed by atoms with van der Waals surface area (Å²) in [6.07, 6.45) is 0.830. The molecule has 0 radical (unpaired) electrons. The third-order valence-electron chi connectivity index (χ3n) is 4.01. The van der Waals surface area contributed by atoms with E-state index in [1.54, 1.807) is 11.9 Å². The molecule has 1 amide bonds. The third kappa shape index (κ3) is 6.51.